The van der Waals surface area contributed by atoms with Gasteiger partial charge in [-0.15, -0.1) is 0 Å². The van der Waals surface area contributed by atoms with Crippen LogP contribution in [0, 0.1) is 0 Å². The van der Waals surface area contributed by atoms with Gasteiger partial charge in [0.25, 0.3) is 0 Å². The van der Waals surface area contributed by atoms with Crippen molar-refractivity contribution in [3.8, 4) is 0 Å². The zero-order valence-electron chi connectivity index (χ0n) is 27.0. The van der Waals surface area contributed by atoms with Crippen molar-refractivity contribution in [3.63, 3.8) is 0 Å². The summed E-state index contributed by atoms with van der Waals surface area (Å²) in [5.41, 5.74) is 0.660. The van der Waals surface area contributed by atoms with Crippen LogP contribution in [0.4, 0.5) is 11.4 Å². The molecule has 28 heavy (non-hydrogen) atoms. The van der Waals surface area contributed by atoms with E-state index in [-0.39, 0.29) is 46.7 Å². The summed E-state index contributed by atoms with van der Waals surface area (Å²) < 4.78 is 89.8. The Morgan fingerprint density at radius 1 is 0.750 bits per heavy atom. The molecule has 0 fully saturated rings. The standard InChI is InChI=1S/C22H28N4O2/c1-25(2)13-11-23-17-9-5-7-15-19(17)21(27)16-8-6-10-18(20(16)22(15)28)24-12-14-26(3)4/h5-10,23-24H,11-14H2,1-4H3/i1D3,2D3,3D3,4D3. The van der Waals surface area contributed by atoms with Gasteiger partial charge in [0.15, 0.2) is 11.6 Å². The van der Waals surface area contributed by atoms with Crippen LogP contribution in [0.3, 0.4) is 0 Å². The molecule has 0 bridgehead atoms. The lowest BCUT2D eigenvalue weighted by Crippen LogP contribution is -2.27. The highest BCUT2D eigenvalue weighted by atomic mass is 16.1. The molecule has 0 aromatic heterocycles. The summed E-state index contributed by atoms with van der Waals surface area (Å²) in [6, 6.07) is 8.96. The second-order valence-electron chi connectivity index (χ2n) is 6.27. The number of nitrogens with one attached hydrogen (secondary N) is 2. The summed E-state index contributed by atoms with van der Waals surface area (Å²) >= 11 is 0. The number of benzene rings is 2. The monoisotopic (exact) mass is 392 g/mol. The fourth-order valence-corrected chi connectivity index (χ4v) is 3.14. The van der Waals surface area contributed by atoms with Gasteiger partial charge in [0.05, 0.1) is 11.1 Å². The topological polar surface area (TPSA) is 64.7 Å². The molecule has 0 saturated heterocycles. The zero-order valence-corrected chi connectivity index (χ0v) is 15.0. The third-order valence-electron chi connectivity index (χ3n) is 4.37. The fourth-order valence-electron chi connectivity index (χ4n) is 3.14. The second kappa shape index (κ2) is 8.54. The average molecular weight is 393 g/mol. The molecule has 2 N–H and O–H groups in total. The van der Waals surface area contributed by atoms with Gasteiger partial charge in [-0.05, 0) is 40.0 Å². The SMILES string of the molecule is [2H]C([2H])([2H])N(CCNc1cccc2c1C(=O)c1cccc(NCCN(C([2H])([2H])[2H])C([2H])([2H])[2H])c1C2=O)C([2H])([2H])[2H]. The minimum absolute atomic E-state index is 0.0439. The van der Waals surface area contributed by atoms with Crippen LogP contribution >= 0.6 is 0 Å². The van der Waals surface area contributed by atoms with E-state index in [1.165, 1.54) is 36.4 Å². The minimum atomic E-state index is -2.87. The third kappa shape index (κ3) is 4.08. The minimum Gasteiger partial charge on any atom is -0.383 e. The number of hydrogen-bond donors (Lipinski definition) is 2. The molecule has 0 spiro atoms. The molecular weight excluding hydrogens is 352 g/mol. The Balaban J connectivity index is 1.84. The van der Waals surface area contributed by atoms with Gasteiger partial charge in [-0.3, -0.25) is 9.59 Å². The van der Waals surface area contributed by atoms with Gasteiger partial charge >= 0.3 is 0 Å². The normalized spacial score (nSPS) is 21.1. The van der Waals surface area contributed by atoms with E-state index in [0.717, 1.165) is 0 Å². The van der Waals surface area contributed by atoms with Crippen molar-refractivity contribution in [1.82, 2.24) is 9.80 Å². The average Bonchev–Trinajstić information content (AvgIpc) is 2.79. The zero-order chi connectivity index (χ0) is 30.3. The molecule has 1 aliphatic rings. The predicted octanol–water partition coefficient (Wildman–Crippen LogP) is 2.41. The number of fused-ring (bicyclic) bond motifs is 2. The quantitative estimate of drug-likeness (QED) is 0.614. The number of rotatable bonds is 8. The molecule has 0 atom stereocenters. The molecule has 0 amide bonds. The second-order valence-corrected chi connectivity index (χ2v) is 6.27. The lowest BCUT2D eigenvalue weighted by atomic mass is 9.82. The van der Waals surface area contributed by atoms with Crippen molar-refractivity contribution in [2.24, 2.45) is 0 Å². The van der Waals surface area contributed by atoms with Gasteiger partial charge in [0.2, 0.25) is 0 Å². The molecule has 0 unspecified atom stereocenters. The molecule has 148 valence electrons. The van der Waals surface area contributed by atoms with Crippen molar-refractivity contribution in [3.05, 3.63) is 58.7 Å². The first-order valence-corrected chi connectivity index (χ1v) is 8.63. The Kier molecular flexibility index (Phi) is 2.95. The van der Waals surface area contributed by atoms with E-state index >= 15 is 0 Å². The number of hydrogen-bond acceptors (Lipinski definition) is 6. The maximum atomic E-state index is 13.5. The molecule has 2 aromatic rings. The van der Waals surface area contributed by atoms with Gasteiger partial charge < -0.3 is 20.4 Å². The summed E-state index contributed by atoms with van der Waals surface area (Å²) in [5.74, 6) is -1.02. The highest BCUT2D eigenvalue weighted by Gasteiger charge is 2.33. The number of nitrogens with zero attached hydrogens (tertiary/aromatic N) is 2. The van der Waals surface area contributed by atoms with Crippen molar-refractivity contribution >= 4 is 22.9 Å². The lowest BCUT2D eigenvalue weighted by Gasteiger charge is -2.23. The van der Waals surface area contributed by atoms with E-state index in [1.54, 1.807) is 0 Å². The first kappa shape index (κ1) is 9.67. The maximum absolute atomic E-state index is 13.5. The number of anilines is 2. The molecule has 3 rings (SSSR count). The molecule has 6 nitrogen and oxygen atoms in total. The van der Waals surface area contributed by atoms with Gasteiger partial charge in [-0.2, -0.15) is 0 Å². The number of likely N-dealkylation sites (N-methyl/N-ethyl adjacent to an activating group) is 2. The Hall–Kier alpha value is -2.70. The van der Waals surface area contributed by atoms with E-state index in [9.17, 15) is 9.59 Å². The van der Waals surface area contributed by atoms with Crippen molar-refractivity contribution < 1.29 is 26.0 Å². The van der Waals surface area contributed by atoms with Crippen molar-refractivity contribution in [2.45, 2.75) is 0 Å². The number of ketones is 2. The molecule has 2 aromatic carbocycles. The molecule has 0 radical (unpaired) electrons. The summed E-state index contributed by atoms with van der Waals surface area (Å²) in [7, 11) is 0. The molecule has 1 aliphatic carbocycles. The largest absolute Gasteiger partial charge is 0.383 e. The van der Waals surface area contributed by atoms with E-state index in [0.29, 0.717) is 9.80 Å². The van der Waals surface area contributed by atoms with Crippen LogP contribution < -0.4 is 10.6 Å². The van der Waals surface area contributed by atoms with Crippen LogP contribution in [0.5, 0.6) is 0 Å². The summed E-state index contributed by atoms with van der Waals surface area (Å²) in [6.07, 6.45) is 0. The van der Waals surface area contributed by atoms with Crippen LogP contribution in [0.25, 0.3) is 0 Å². The molecule has 0 aliphatic heterocycles. The van der Waals surface area contributed by atoms with Crippen LogP contribution in [-0.4, -0.2) is 75.4 Å². The van der Waals surface area contributed by atoms with Gasteiger partial charge in [0.1, 0.15) is 0 Å². The van der Waals surface area contributed by atoms with Crippen LogP contribution in [0.15, 0.2) is 36.4 Å². The van der Waals surface area contributed by atoms with E-state index in [2.05, 4.69) is 10.6 Å². The predicted molar refractivity (Wildman–Crippen MR) is 114 cm³/mol. The van der Waals surface area contributed by atoms with E-state index in [4.69, 9.17) is 16.4 Å². The fraction of sp³-hybridized carbons (Fsp3) is 0.364. The van der Waals surface area contributed by atoms with Gasteiger partial charge in [0, 0.05) is 65.1 Å². The Morgan fingerprint density at radius 2 is 1.18 bits per heavy atom. The molecule has 0 saturated carbocycles. The van der Waals surface area contributed by atoms with E-state index < -0.39 is 52.6 Å². The molecular formula is C22H28N4O2. The highest BCUT2D eigenvalue weighted by Crippen LogP contribution is 2.35. The highest BCUT2D eigenvalue weighted by molar-refractivity contribution is 6.31. The molecule has 6 heteroatoms. The lowest BCUT2D eigenvalue weighted by molar-refractivity contribution is 0.0980. The van der Waals surface area contributed by atoms with Crippen molar-refractivity contribution in [2.75, 3.05) is 64.7 Å². The first-order chi connectivity index (χ1) is 18.2. The van der Waals surface area contributed by atoms with E-state index in [1.807, 2.05) is 0 Å². The third-order valence-corrected chi connectivity index (χ3v) is 4.37. The van der Waals surface area contributed by atoms with Gasteiger partial charge in [-0.1, -0.05) is 24.3 Å². The summed E-state index contributed by atoms with van der Waals surface area (Å²) in [6.45, 7) is -12.6. The van der Waals surface area contributed by atoms with Crippen LogP contribution in [0.2, 0.25) is 0 Å². The Labute approximate surface area is 183 Å². The molecule has 0 heterocycles. The Morgan fingerprint density at radius 3 is 1.57 bits per heavy atom. The first-order valence-electron chi connectivity index (χ1n) is 14.6. The summed E-state index contributed by atoms with van der Waals surface area (Å²) in [5, 5.41) is 5.75. The van der Waals surface area contributed by atoms with Crippen molar-refractivity contribution in [1.29, 1.82) is 0 Å². The number of carbonyl (C=O) groups excluding carboxylic acids is 2. The number of carbonyl (C=O) groups is 2. The maximum Gasteiger partial charge on any atom is 0.196 e. The smallest absolute Gasteiger partial charge is 0.196 e. The van der Waals surface area contributed by atoms with Gasteiger partial charge in [-0.25, -0.2) is 0 Å². The Bertz CT molecular complexity index is 1140. The van der Waals surface area contributed by atoms with Crippen LogP contribution in [0.1, 0.15) is 48.3 Å². The van der Waals surface area contributed by atoms with Crippen LogP contribution in [-0.2, 0) is 0 Å². The summed E-state index contributed by atoms with van der Waals surface area (Å²) in [4.78, 5) is 27.8.